The topological polar surface area (TPSA) is 98.9 Å². The van der Waals surface area contributed by atoms with Crippen molar-refractivity contribution in [1.82, 2.24) is 24.4 Å². The first-order valence-electron chi connectivity index (χ1n) is 9.41. The van der Waals surface area contributed by atoms with E-state index in [-0.39, 0.29) is 17.1 Å². The third-order valence-corrected chi connectivity index (χ3v) is 4.81. The molecule has 8 nitrogen and oxygen atoms in total. The van der Waals surface area contributed by atoms with E-state index in [1.807, 2.05) is 30.3 Å². The summed E-state index contributed by atoms with van der Waals surface area (Å²) in [5.41, 5.74) is 1.17. The largest absolute Gasteiger partial charge is 0.352 e. The Balaban J connectivity index is 1.56. The van der Waals surface area contributed by atoms with Crippen LogP contribution in [0.15, 0.2) is 76.6 Å². The van der Waals surface area contributed by atoms with E-state index in [2.05, 4.69) is 15.3 Å². The van der Waals surface area contributed by atoms with Crippen molar-refractivity contribution < 1.29 is 4.79 Å². The molecule has 2 aromatic carbocycles. The van der Waals surface area contributed by atoms with Gasteiger partial charge >= 0.3 is 5.69 Å². The molecule has 150 valence electrons. The highest BCUT2D eigenvalue weighted by Gasteiger charge is 2.14. The van der Waals surface area contributed by atoms with Crippen LogP contribution in [-0.4, -0.2) is 31.6 Å². The number of aromatic nitrogens is 4. The fourth-order valence-corrected chi connectivity index (χ4v) is 3.22. The molecule has 0 aliphatic carbocycles. The number of nitrogens with one attached hydrogen (secondary N) is 1. The molecule has 2 aromatic heterocycles. The van der Waals surface area contributed by atoms with Crippen molar-refractivity contribution in [3.05, 3.63) is 99.0 Å². The SMILES string of the molecule is Cn1c(=O)n(-c2ccc(C(=O)NCCc3ccccc3)cc2)c(=O)c2nccnc21. The van der Waals surface area contributed by atoms with E-state index in [4.69, 9.17) is 0 Å². The Labute approximate surface area is 171 Å². The van der Waals surface area contributed by atoms with Gasteiger partial charge in [0.15, 0.2) is 11.2 Å². The van der Waals surface area contributed by atoms with Crippen molar-refractivity contribution in [2.24, 2.45) is 7.05 Å². The quantitative estimate of drug-likeness (QED) is 0.546. The van der Waals surface area contributed by atoms with Gasteiger partial charge in [-0.1, -0.05) is 30.3 Å². The fraction of sp³-hybridized carbons (Fsp3) is 0.136. The van der Waals surface area contributed by atoms with Crippen LogP contribution in [-0.2, 0) is 13.5 Å². The molecule has 4 aromatic rings. The molecule has 0 atom stereocenters. The first kappa shape index (κ1) is 19.3. The van der Waals surface area contributed by atoms with Gasteiger partial charge in [-0.05, 0) is 36.2 Å². The molecule has 0 saturated heterocycles. The van der Waals surface area contributed by atoms with Crippen molar-refractivity contribution in [3.63, 3.8) is 0 Å². The van der Waals surface area contributed by atoms with Gasteiger partial charge in [-0.2, -0.15) is 0 Å². The molecule has 0 bridgehead atoms. The number of aryl methyl sites for hydroxylation is 1. The lowest BCUT2D eigenvalue weighted by Crippen LogP contribution is -2.38. The standard InChI is InChI=1S/C22H19N5O3/c1-26-19-18(23-13-14-24-19)21(29)27(22(26)30)17-9-7-16(8-10-17)20(28)25-12-11-15-5-3-2-4-6-15/h2-10,13-14H,11-12H2,1H3,(H,25,28). The highest BCUT2D eigenvalue weighted by Crippen LogP contribution is 2.08. The Morgan fingerprint density at radius 2 is 1.67 bits per heavy atom. The lowest BCUT2D eigenvalue weighted by molar-refractivity contribution is 0.0954. The molecule has 4 rings (SSSR count). The van der Waals surface area contributed by atoms with Crippen LogP contribution >= 0.6 is 0 Å². The maximum atomic E-state index is 12.8. The molecule has 0 aliphatic heterocycles. The van der Waals surface area contributed by atoms with Gasteiger partial charge in [0.1, 0.15) is 0 Å². The Hall–Kier alpha value is -4.07. The predicted molar refractivity (Wildman–Crippen MR) is 113 cm³/mol. The number of carbonyl (C=O) groups excluding carboxylic acids is 1. The normalized spacial score (nSPS) is 10.8. The van der Waals surface area contributed by atoms with Crippen LogP contribution in [0.3, 0.4) is 0 Å². The lowest BCUT2D eigenvalue weighted by Gasteiger charge is -2.10. The number of hydrogen-bond donors (Lipinski definition) is 1. The zero-order valence-corrected chi connectivity index (χ0v) is 16.3. The molecular formula is C22H19N5O3. The Kier molecular flexibility index (Phi) is 5.21. The van der Waals surface area contributed by atoms with Crippen LogP contribution in [0.25, 0.3) is 16.9 Å². The van der Waals surface area contributed by atoms with Gasteiger partial charge in [0.05, 0.1) is 5.69 Å². The summed E-state index contributed by atoms with van der Waals surface area (Å²) in [5.74, 6) is -0.220. The summed E-state index contributed by atoms with van der Waals surface area (Å²) in [7, 11) is 1.53. The smallest absolute Gasteiger partial charge is 0.337 e. The number of carbonyl (C=O) groups is 1. The molecule has 2 heterocycles. The minimum absolute atomic E-state index is 0.0994. The van der Waals surface area contributed by atoms with Crippen LogP contribution in [0.4, 0.5) is 0 Å². The zero-order chi connectivity index (χ0) is 21.1. The molecule has 0 saturated carbocycles. The Morgan fingerprint density at radius 3 is 2.40 bits per heavy atom. The van der Waals surface area contributed by atoms with Crippen LogP contribution < -0.4 is 16.6 Å². The molecule has 30 heavy (non-hydrogen) atoms. The highest BCUT2D eigenvalue weighted by atomic mass is 16.2. The van der Waals surface area contributed by atoms with Gasteiger partial charge in [0, 0.05) is 31.5 Å². The highest BCUT2D eigenvalue weighted by molar-refractivity contribution is 5.94. The van der Waals surface area contributed by atoms with Gasteiger partial charge in [0.2, 0.25) is 0 Å². The third-order valence-electron chi connectivity index (χ3n) is 4.81. The maximum Gasteiger partial charge on any atom is 0.337 e. The molecule has 1 amide bonds. The summed E-state index contributed by atoms with van der Waals surface area (Å²) in [4.78, 5) is 45.9. The molecule has 0 spiro atoms. The zero-order valence-electron chi connectivity index (χ0n) is 16.3. The summed E-state index contributed by atoms with van der Waals surface area (Å²) in [5, 5.41) is 2.87. The fourth-order valence-electron chi connectivity index (χ4n) is 3.22. The summed E-state index contributed by atoms with van der Waals surface area (Å²) in [6.07, 6.45) is 3.56. The molecule has 0 fully saturated rings. The summed E-state index contributed by atoms with van der Waals surface area (Å²) in [6.45, 7) is 0.508. The average molecular weight is 401 g/mol. The van der Waals surface area contributed by atoms with E-state index >= 15 is 0 Å². The van der Waals surface area contributed by atoms with Crippen LogP contribution in [0, 0.1) is 0 Å². The van der Waals surface area contributed by atoms with Crippen molar-refractivity contribution in [2.75, 3.05) is 6.54 Å². The van der Waals surface area contributed by atoms with E-state index < -0.39 is 11.2 Å². The van der Waals surface area contributed by atoms with Gasteiger partial charge in [-0.3, -0.25) is 14.2 Å². The van der Waals surface area contributed by atoms with Gasteiger partial charge in [0.25, 0.3) is 11.5 Å². The van der Waals surface area contributed by atoms with Crippen molar-refractivity contribution in [3.8, 4) is 5.69 Å². The van der Waals surface area contributed by atoms with Gasteiger partial charge in [-0.15, -0.1) is 0 Å². The molecule has 0 radical (unpaired) electrons. The first-order chi connectivity index (χ1) is 14.6. The molecule has 0 aliphatic rings. The lowest BCUT2D eigenvalue weighted by atomic mass is 10.1. The van der Waals surface area contributed by atoms with E-state index in [0.717, 1.165) is 16.6 Å². The Morgan fingerprint density at radius 1 is 0.967 bits per heavy atom. The summed E-state index contributed by atoms with van der Waals surface area (Å²) >= 11 is 0. The second-order valence-corrected chi connectivity index (χ2v) is 6.75. The van der Waals surface area contributed by atoms with E-state index in [1.54, 1.807) is 24.3 Å². The van der Waals surface area contributed by atoms with Gasteiger partial charge in [-0.25, -0.2) is 19.3 Å². The summed E-state index contributed by atoms with van der Waals surface area (Å²) in [6, 6.07) is 16.2. The van der Waals surface area contributed by atoms with Crippen LogP contribution in [0.5, 0.6) is 0 Å². The van der Waals surface area contributed by atoms with Crippen molar-refractivity contribution in [1.29, 1.82) is 0 Å². The predicted octanol–water partition coefficient (Wildman–Crippen LogP) is 1.45. The number of hydrogen-bond acceptors (Lipinski definition) is 5. The van der Waals surface area contributed by atoms with Crippen molar-refractivity contribution in [2.45, 2.75) is 6.42 Å². The third kappa shape index (κ3) is 3.62. The van der Waals surface area contributed by atoms with Crippen LogP contribution in [0.1, 0.15) is 15.9 Å². The molecule has 8 heteroatoms. The van der Waals surface area contributed by atoms with Gasteiger partial charge < -0.3 is 5.32 Å². The van der Waals surface area contributed by atoms with Crippen molar-refractivity contribution >= 4 is 17.1 Å². The maximum absolute atomic E-state index is 12.8. The molecule has 0 unspecified atom stereocenters. The number of rotatable bonds is 5. The first-order valence-corrected chi connectivity index (χ1v) is 9.41. The molecular weight excluding hydrogens is 382 g/mol. The minimum atomic E-state index is -0.554. The number of nitrogens with zero attached hydrogens (tertiary/aromatic N) is 4. The van der Waals surface area contributed by atoms with E-state index in [1.165, 1.54) is 24.0 Å². The average Bonchev–Trinajstić information content (AvgIpc) is 2.79. The Bertz CT molecular complexity index is 1330. The second kappa shape index (κ2) is 8.12. The van der Waals surface area contributed by atoms with E-state index in [9.17, 15) is 14.4 Å². The number of benzene rings is 2. The second-order valence-electron chi connectivity index (χ2n) is 6.75. The number of amides is 1. The monoisotopic (exact) mass is 401 g/mol. The minimum Gasteiger partial charge on any atom is -0.352 e. The van der Waals surface area contributed by atoms with Crippen LogP contribution in [0.2, 0.25) is 0 Å². The number of fused-ring (bicyclic) bond motifs is 1. The summed E-state index contributed by atoms with van der Waals surface area (Å²) < 4.78 is 2.29. The molecule has 1 N–H and O–H groups in total. The van der Waals surface area contributed by atoms with E-state index in [0.29, 0.717) is 17.8 Å².